The smallest absolute Gasteiger partial charge is 0.383 e. The highest BCUT2D eigenvalue weighted by Gasteiger charge is 2.33. The maximum absolute atomic E-state index is 12.4. The van der Waals surface area contributed by atoms with Crippen LogP contribution in [0.1, 0.15) is 17.2 Å². The van der Waals surface area contributed by atoms with Crippen LogP contribution in [0.3, 0.4) is 0 Å². The van der Waals surface area contributed by atoms with Gasteiger partial charge in [-0.05, 0) is 17.7 Å². The van der Waals surface area contributed by atoms with Crippen LogP contribution in [0.2, 0.25) is 5.02 Å². The first-order chi connectivity index (χ1) is 7.36. The fourth-order valence-electron chi connectivity index (χ4n) is 1.27. The minimum atomic E-state index is -4.44. The van der Waals surface area contributed by atoms with Crippen LogP contribution in [0.25, 0.3) is 0 Å². The van der Waals surface area contributed by atoms with E-state index in [9.17, 15) is 13.2 Å². The molecule has 0 radical (unpaired) electrons. The minimum Gasteiger partial charge on any atom is -0.383 e. The molecule has 90 valence electrons. The van der Waals surface area contributed by atoms with E-state index in [4.69, 9.17) is 22.1 Å². The third kappa shape index (κ3) is 3.10. The fraction of sp³-hybridized carbons (Fsp3) is 0.400. The number of halogens is 4. The summed E-state index contributed by atoms with van der Waals surface area (Å²) < 4.78 is 42.0. The zero-order valence-electron chi connectivity index (χ0n) is 8.51. The number of ether oxygens (including phenoxy) is 1. The van der Waals surface area contributed by atoms with Gasteiger partial charge in [-0.25, -0.2) is 0 Å². The summed E-state index contributed by atoms with van der Waals surface area (Å²) in [6.45, 7) is 0.224. The Morgan fingerprint density at radius 1 is 1.44 bits per heavy atom. The van der Waals surface area contributed by atoms with E-state index in [1.54, 1.807) is 0 Å². The molecule has 0 saturated carbocycles. The highest BCUT2D eigenvalue weighted by Crippen LogP contribution is 2.35. The van der Waals surface area contributed by atoms with Gasteiger partial charge < -0.3 is 10.5 Å². The summed E-state index contributed by atoms with van der Waals surface area (Å²) in [5.74, 6) is 0. The predicted molar refractivity (Wildman–Crippen MR) is 55.3 cm³/mol. The van der Waals surface area contributed by atoms with Crippen molar-refractivity contribution in [2.24, 2.45) is 5.73 Å². The number of nitrogens with two attached hydrogens (primary N) is 1. The molecule has 2 N–H and O–H groups in total. The van der Waals surface area contributed by atoms with Gasteiger partial charge in [0, 0.05) is 7.11 Å². The Labute approximate surface area is 96.1 Å². The molecule has 0 aromatic heterocycles. The van der Waals surface area contributed by atoms with Gasteiger partial charge in [-0.15, -0.1) is 0 Å². The lowest BCUT2D eigenvalue weighted by atomic mass is 10.1. The van der Waals surface area contributed by atoms with Crippen LogP contribution in [0, 0.1) is 0 Å². The number of methoxy groups -OCH3 is 1. The highest BCUT2D eigenvalue weighted by atomic mass is 35.5. The molecule has 1 aromatic rings. The Hall–Kier alpha value is -0.780. The van der Waals surface area contributed by atoms with Crippen molar-refractivity contribution >= 4 is 11.6 Å². The first-order valence-electron chi connectivity index (χ1n) is 4.47. The Kier molecular flexibility index (Phi) is 4.18. The van der Waals surface area contributed by atoms with E-state index in [2.05, 4.69) is 0 Å². The Morgan fingerprint density at radius 2 is 2.06 bits per heavy atom. The van der Waals surface area contributed by atoms with E-state index in [-0.39, 0.29) is 11.6 Å². The molecule has 2 nitrogen and oxygen atoms in total. The molecule has 6 heteroatoms. The predicted octanol–water partition coefficient (Wildman–Crippen LogP) is 3.01. The maximum atomic E-state index is 12.4. The van der Waals surface area contributed by atoms with Gasteiger partial charge in [0.15, 0.2) is 0 Å². The average molecular weight is 254 g/mol. The third-order valence-corrected chi connectivity index (χ3v) is 2.39. The summed E-state index contributed by atoms with van der Waals surface area (Å²) in [5, 5.41) is -0.350. The molecular formula is C10H11ClF3NO. The lowest BCUT2D eigenvalue weighted by Gasteiger charge is -2.14. The molecule has 0 heterocycles. The van der Waals surface area contributed by atoms with Gasteiger partial charge in [0.25, 0.3) is 0 Å². The molecule has 1 atom stereocenters. The fourth-order valence-corrected chi connectivity index (χ4v) is 1.56. The number of rotatable bonds is 3. The van der Waals surface area contributed by atoms with Crippen molar-refractivity contribution in [3.63, 3.8) is 0 Å². The van der Waals surface area contributed by atoms with Crippen molar-refractivity contribution in [1.29, 1.82) is 0 Å². The van der Waals surface area contributed by atoms with E-state index in [0.717, 1.165) is 6.07 Å². The van der Waals surface area contributed by atoms with Gasteiger partial charge in [-0.1, -0.05) is 17.7 Å². The molecule has 0 saturated heterocycles. The van der Waals surface area contributed by atoms with Crippen LogP contribution in [0.5, 0.6) is 0 Å². The number of alkyl halides is 3. The Balaban J connectivity index is 3.00. The third-order valence-electron chi connectivity index (χ3n) is 2.07. The highest BCUT2D eigenvalue weighted by molar-refractivity contribution is 6.31. The minimum absolute atomic E-state index is 0.224. The molecule has 1 rings (SSSR count). The van der Waals surface area contributed by atoms with Crippen LogP contribution in [0.15, 0.2) is 18.2 Å². The second kappa shape index (κ2) is 5.03. The first kappa shape index (κ1) is 13.3. The largest absolute Gasteiger partial charge is 0.417 e. The molecule has 0 fully saturated rings. The Morgan fingerprint density at radius 3 is 2.50 bits per heavy atom. The molecule has 0 amide bonds. The van der Waals surface area contributed by atoms with Gasteiger partial charge in [0.2, 0.25) is 0 Å². The molecule has 0 spiro atoms. The van der Waals surface area contributed by atoms with Crippen LogP contribution in [-0.4, -0.2) is 13.7 Å². The summed E-state index contributed by atoms with van der Waals surface area (Å²) in [5.41, 5.74) is 5.32. The zero-order chi connectivity index (χ0) is 12.3. The van der Waals surface area contributed by atoms with Crippen LogP contribution in [0.4, 0.5) is 13.2 Å². The monoisotopic (exact) mass is 253 g/mol. The quantitative estimate of drug-likeness (QED) is 0.899. The standard InChI is InChI=1S/C10H11ClF3NO/c1-16-5-9(15)6-2-3-7(8(11)4-6)10(12,13)14/h2-4,9H,5,15H2,1H3/t9-/m0/s1. The van der Waals surface area contributed by atoms with Gasteiger partial charge in [-0.2, -0.15) is 13.2 Å². The summed E-state index contributed by atoms with van der Waals surface area (Å²) in [7, 11) is 1.46. The molecular weight excluding hydrogens is 243 g/mol. The van der Waals surface area contributed by atoms with Crippen molar-refractivity contribution in [2.75, 3.05) is 13.7 Å². The molecule has 0 bridgehead atoms. The number of benzene rings is 1. The second-order valence-electron chi connectivity index (χ2n) is 3.30. The topological polar surface area (TPSA) is 35.2 Å². The second-order valence-corrected chi connectivity index (χ2v) is 3.71. The van der Waals surface area contributed by atoms with Crippen molar-refractivity contribution in [2.45, 2.75) is 12.2 Å². The van der Waals surface area contributed by atoms with Crippen LogP contribution in [-0.2, 0) is 10.9 Å². The zero-order valence-corrected chi connectivity index (χ0v) is 9.27. The summed E-state index contributed by atoms with van der Waals surface area (Å²) >= 11 is 5.54. The normalized spacial score (nSPS) is 13.9. The van der Waals surface area contributed by atoms with Crippen molar-refractivity contribution in [1.82, 2.24) is 0 Å². The maximum Gasteiger partial charge on any atom is 0.417 e. The summed E-state index contributed by atoms with van der Waals surface area (Å²) in [4.78, 5) is 0. The Bertz CT molecular complexity index is 368. The van der Waals surface area contributed by atoms with E-state index in [1.807, 2.05) is 0 Å². The van der Waals surface area contributed by atoms with Crippen molar-refractivity contribution in [3.8, 4) is 0 Å². The lowest BCUT2D eigenvalue weighted by molar-refractivity contribution is -0.137. The van der Waals surface area contributed by atoms with Gasteiger partial charge >= 0.3 is 6.18 Å². The first-order valence-corrected chi connectivity index (χ1v) is 4.85. The molecule has 0 aliphatic heterocycles. The van der Waals surface area contributed by atoms with E-state index in [1.165, 1.54) is 19.2 Å². The molecule has 1 aromatic carbocycles. The van der Waals surface area contributed by atoms with Crippen molar-refractivity contribution in [3.05, 3.63) is 34.3 Å². The van der Waals surface area contributed by atoms with Crippen LogP contribution >= 0.6 is 11.6 Å². The van der Waals surface area contributed by atoms with Crippen LogP contribution < -0.4 is 5.73 Å². The lowest BCUT2D eigenvalue weighted by Crippen LogP contribution is -2.16. The van der Waals surface area contributed by atoms with Gasteiger partial charge in [0.05, 0.1) is 23.2 Å². The van der Waals surface area contributed by atoms with Crippen molar-refractivity contribution < 1.29 is 17.9 Å². The molecule has 0 aliphatic carbocycles. The number of hydrogen-bond donors (Lipinski definition) is 1. The average Bonchev–Trinajstić information content (AvgIpc) is 2.16. The van der Waals surface area contributed by atoms with E-state index >= 15 is 0 Å². The van der Waals surface area contributed by atoms with E-state index in [0.29, 0.717) is 5.56 Å². The van der Waals surface area contributed by atoms with E-state index < -0.39 is 17.8 Å². The SMILES string of the molecule is COC[C@H](N)c1ccc(C(F)(F)F)c(Cl)c1. The number of hydrogen-bond acceptors (Lipinski definition) is 2. The molecule has 16 heavy (non-hydrogen) atoms. The molecule has 0 unspecified atom stereocenters. The van der Waals surface area contributed by atoms with Gasteiger partial charge in [0.1, 0.15) is 0 Å². The summed E-state index contributed by atoms with van der Waals surface area (Å²) in [6.07, 6.45) is -4.44. The van der Waals surface area contributed by atoms with Gasteiger partial charge in [-0.3, -0.25) is 0 Å². The molecule has 0 aliphatic rings. The summed E-state index contributed by atoms with van der Waals surface area (Å²) in [6, 6.07) is 2.96.